The van der Waals surface area contributed by atoms with Gasteiger partial charge in [-0.3, -0.25) is 0 Å². The fourth-order valence-corrected chi connectivity index (χ4v) is 4.25. The summed E-state index contributed by atoms with van der Waals surface area (Å²) in [5, 5.41) is 0. The topological polar surface area (TPSA) is 44.8 Å². The van der Waals surface area contributed by atoms with Crippen molar-refractivity contribution in [3.8, 4) is 39.5 Å². The molecule has 23 heavy (non-hydrogen) atoms. The van der Waals surface area contributed by atoms with Gasteiger partial charge in [-0.25, -0.2) is 0 Å². The van der Waals surface area contributed by atoms with Crippen molar-refractivity contribution in [1.29, 1.82) is 0 Å². The number of hydrogen-bond acceptors (Lipinski definition) is 4. The lowest BCUT2D eigenvalue weighted by molar-refractivity contribution is 0.355. The molecule has 3 aromatic rings. The molecule has 0 N–H and O–H groups in total. The second kappa shape index (κ2) is 4.40. The molecule has 2 aliphatic rings. The Morgan fingerprint density at radius 2 is 1.04 bits per heavy atom. The first-order valence-corrected chi connectivity index (χ1v) is 8.70. The van der Waals surface area contributed by atoms with Crippen LogP contribution in [-0.2, 0) is 4.57 Å². The Morgan fingerprint density at radius 1 is 0.609 bits per heavy atom. The van der Waals surface area contributed by atoms with Gasteiger partial charge in [-0.1, -0.05) is 60.7 Å². The van der Waals surface area contributed by atoms with Crippen LogP contribution < -0.4 is 13.6 Å². The van der Waals surface area contributed by atoms with Crippen LogP contribution in [0.15, 0.2) is 66.7 Å². The predicted octanol–water partition coefficient (Wildman–Crippen LogP) is 5.29. The van der Waals surface area contributed by atoms with Crippen LogP contribution >= 0.6 is 7.82 Å². The highest BCUT2D eigenvalue weighted by molar-refractivity contribution is 7.50. The molecule has 0 saturated heterocycles. The molecular weight excluding hydrogens is 311 g/mol. The Bertz CT molecular complexity index is 896. The molecule has 0 fully saturated rings. The van der Waals surface area contributed by atoms with Gasteiger partial charge in [0, 0.05) is 11.1 Å². The first-order valence-electron chi connectivity index (χ1n) is 7.24. The van der Waals surface area contributed by atoms with Gasteiger partial charge in [0.2, 0.25) is 5.75 Å². The summed E-state index contributed by atoms with van der Waals surface area (Å²) >= 11 is 0. The summed E-state index contributed by atoms with van der Waals surface area (Å²) < 4.78 is 28.8. The summed E-state index contributed by atoms with van der Waals surface area (Å²) in [6.07, 6.45) is 0. The molecule has 5 heteroatoms. The first-order chi connectivity index (χ1) is 11.2. The molecule has 2 heterocycles. The lowest BCUT2D eigenvalue weighted by Gasteiger charge is -2.17. The van der Waals surface area contributed by atoms with Gasteiger partial charge in [0.25, 0.3) is 0 Å². The Morgan fingerprint density at radius 3 is 1.48 bits per heavy atom. The summed E-state index contributed by atoms with van der Waals surface area (Å²) in [5.74, 6) is 1.44. The van der Waals surface area contributed by atoms with E-state index in [2.05, 4.69) is 0 Å². The zero-order chi connectivity index (χ0) is 15.4. The van der Waals surface area contributed by atoms with E-state index in [0.717, 1.165) is 22.3 Å². The minimum atomic E-state index is -3.54. The maximum Gasteiger partial charge on any atom is 0.647 e. The van der Waals surface area contributed by atoms with Gasteiger partial charge >= 0.3 is 7.82 Å². The Balaban J connectivity index is 1.82. The van der Waals surface area contributed by atoms with E-state index in [1.54, 1.807) is 0 Å². The number of fused-ring (bicyclic) bond motifs is 1. The van der Waals surface area contributed by atoms with Crippen LogP contribution in [0.4, 0.5) is 0 Å². The van der Waals surface area contributed by atoms with E-state index < -0.39 is 7.82 Å². The number of rotatable bonds is 2. The van der Waals surface area contributed by atoms with Crippen molar-refractivity contribution in [3.05, 3.63) is 66.7 Å². The lowest BCUT2D eigenvalue weighted by Crippen LogP contribution is -2.00. The van der Waals surface area contributed by atoms with Crippen molar-refractivity contribution in [2.24, 2.45) is 0 Å². The monoisotopic (exact) mass is 322 g/mol. The van der Waals surface area contributed by atoms with Crippen molar-refractivity contribution in [1.82, 2.24) is 0 Å². The maximum atomic E-state index is 12.4. The molecule has 0 saturated carbocycles. The maximum absolute atomic E-state index is 12.4. The third kappa shape index (κ3) is 1.82. The first kappa shape index (κ1) is 12.8. The third-order valence-electron chi connectivity index (χ3n) is 3.97. The molecule has 0 aromatic heterocycles. The van der Waals surface area contributed by atoms with Crippen molar-refractivity contribution in [2.75, 3.05) is 0 Å². The summed E-state index contributed by atoms with van der Waals surface area (Å²) in [4.78, 5) is 0. The van der Waals surface area contributed by atoms with E-state index in [1.165, 1.54) is 0 Å². The smallest absolute Gasteiger partial charge is 0.381 e. The van der Waals surface area contributed by atoms with Gasteiger partial charge < -0.3 is 13.6 Å². The standard InChI is InChI=1S/C18H11O4P/c19-23-20-16-14(12-7-3-1-4-8-12)11-15(13-9-5-2-6-10-13)17(21-23)18(16)22-23/h1-11H. The summed E-state index contributed by atoms with van der Waals surface area (Å²) in [6.45, 7) is 0. The summed E-state index contributed by atoms with van der Waals surface area (Å²) in [5.41, 5.74) is 3.66. The molecule has 2 bridgehead atoms. The van der Waals surface area contributed by atoms with E-state index in [9.17, 15) is 4.57 Å². The van der Waals surface area contributed by atoms with Gasteiger partial charge in [-0.15, -0.1) is 0 Å². The van der Waals surface area contributed by atoms with E-state index in [4.69, 9.17) is 13.6 Å². The van der Waals surface area contributed by atoms with E-state index in [0.29, 0.717) is 17.2 Å². The van der Waals surface area contributed by atoms with Gasteiger partial charge in [0.05, 0.1) is 0 Å². The number of hydrogen-bond donors (Lipinski definition) is 0. The summed E-state index contributed by atoms with van der Waals surface area (Å²) in [6, 6.07) is 21.7. The van der Waals surface area contributed by atoms with Crippen LogP contribution in [0.2, 0.25) is 0 Å². The van der Waals surface area contributed by atoms with Crippen molar-refractivity contribution in [2.45, 2.75) is 0 Å². The van der Waals surface area contributed by atoms with Crippen LogP contribution in [0, 0.1) is 0 Å². The lowest BCUT2D eigenvalue weighted by atomic mass is 9.96. The Hall–Kier alpha value is -2.71. The van der Waals surface area contributed by atoms with Gasteiger partial charge in [0.15, 0.2) is 11.5 Å². The van der Waals surface area contributed by atoms with Crippen LogP contribution in [-0.4, -0.2) is 0 Å². The van der Waals surface area contributed by atoms with Crippen LogP contribution in [0.1, 0.15) is 0 Å². The van der Waals surface area contributed by atoms with Crippen LogP contribution in [0.5, 0.6) is 17.2 Å². The molecule has 0 unspecified atom stereocenters. The van der Waals surface area contributed by atoms with Crippen molar-refractivity contribution >= 4 is 7.82 Å². The van der Waals surface area contributed by atoms with Crippen LogP contribution in [0.25, 0.3) is 22.3 Å². The molecule has 0 aliphatic carbocycles. The summed E-state index contributed by atoms with van der Waals surface area (Å²) in [7, 11) is -3.54. The molecule has 0 atom stereocenters. The number of benzene rings is 3. The average Bonchev–Trinajstić information content (AvgIpc) is 3.11. The predicted molar refractivity (Wildman–Crippen MR) is 86.8 cm³/mol. The average molecular weight is 322 g/mol. The highest BCUT2D eigenvalue weighted by Crippen LogP contribution is 2.72. The fraction of sp³-hybridized carbons (Fsp3) is 0. The van der Waals surface area contributed by atoms with Crippen molar-refractivity contribution < 1.29 is 18.1 Å². The normalized spacial score (nSPS) is 15.7. The second-order valence-electron chi connectivity index (χ2n) is 5.41. The molecule has 3 aromatic carbocycles. The van der Waals surface area contributed by atoms with Gasteiger partial charge in [-0.2, -0.15) is 4.57 Å². The number of phosphoric ester groups is 1. The Kier molecular flexibility index (Phi) is 2.45. The number of phosphoric acid groups is 1. The highest BCUT2D eigenvalue weighted by atomic mass is 31.2. The quantitative estimate of drug-likeness (QED) is 0.601. The fourth-order valence-electron chi connectivity index (χ4n) is 2.94. The zero-order valence-corrected chi connectivity index (χ0v) is 12.8. The SMILES string of the molecule is O=P12Oc3c(-c4ccccc4)cc(-c4ccccc4)c(c3O1)O2. The molecule has 5 rings (SSSR count). The molecule has 112 valence electrons. The van der Waals surface area contributed by atoms with Gasteiger partial charge in [0.1, 0.15) is 0 Å². The Labute approximate surface area is 132 Å². The minimum Gasteiger partial charge on any atom is -0.381 e. The molecule has 0 radical (unpaired) electrons. The van der Waals surface area contributed by atoms with Crippen LogP contribution in [0.3, 0.4) is 0 Å². The van der Waals surface area contributed by atoms with Crippen molar-refractivity contribution in [3.63, 3.8) is 0 Å². The van der Waals surface area contributed by atoms with E-state index in [-0.39, 0.29) is 0 Å². The van der Waals surface area contributed by atoms with E-state index >= 15 is 0 Å². The third-order valence-corrected chi connectivity index (χ3v) is 5.19. The minimum absolute atomic E-state index is 0.438. The van der Waals surface area contributed by atoms with E-state index in [1.807, 2.05) is 66.7 Å². The zero-order valence-electron chi connectivity index (χ0n) is 11.9. The second-order valence-corrected chi connectivity index (χ2v) is 6.85. The molecular formula is C18H11O4P. The molecule has 4 nitrogen and oxygen atoms in total. The molecule has 0 amide bonds. The largest absolute Gasteiger partial charge is 0.647 e. The molecule has 0 spiro atoms. The highest BCUT2D eigenvalue weighted by Gasteiger charge is 2.52. The van der Waals surface area contributed by atoms with Gasteiger partial charge in [-0.05, 0) is 17.2 Å². The molecule has 2 aliphatic heterocycles.